The van der Waals surface area contributed by atoms with Crippen LogP contribution in [0, 0.1) is 5.92 Å². The van der Waals surface area contributed by atoms with Gasteiger partial charge in [0.05, 0.1) is 0 Å². The summed E-state index contributed by atoms with van der Waals surface area (Å²) in [5.41, 5.74) is 5.71. The molecule has 0 aliphatic heterocycles. The van der Waals surface area contributed by atoms with Crippen LogP contribution >= 0.6 is 0 Å². The van der Waals surface area contributed by atoms with Gasteiger partial charge in [0.25, 0.3) is 0 Å². The number of rotatable bonds is 9. The van der Waals surface area contributed by atoms with E-state index in [1.54, 1.807) is 0 Å². The zero-order chi connectivity index (χ0) is 10.8. The van der Waals surface area contributed by atoms with Crippen molar-refractivity contribution in [3.63, 3.8) is 0 Å². The summed E-state index contributed by atoms with van der Waals surface area (Å²) < 4.78 is 0. The van der Waals surface area contributed by atoms with Gasteiger partial charge in [0, 0.05) is 6.04 Å². The highest BCUT2D eigenvalue weighted by molar-refractivity contribution is 4.67. The van der Waals surface area contributed by atoms with Gasteiger partial charge in [0.2, 0.25) is 0 Å². The molecule has 0 aliphatic carbocycles. The van der Waals surface area contributed by atoms with Gasteiger partial charge in [-0.15, -0.1) is 0 Å². The molecule has 0 saturated heterocycles. The van der Waals surface area contributed by atoms with E-state index >= 15 is 0 Å². The summed E-state index contributed by atoms with van der Waals surface area (Å²) >= 11 is 0. The van der Waals surface area contributed by atoms with Crippen LogP contribution in [-0.2, 0) is 0 Å². The molecule has 86 valence electrons. The summed E-state index contributed by atoms with van der Waals surface area (Å²) in [6.45, 7) is 8.65. The topological polar surface area (TPSA) is 38.0 Å². The molecule has 3 N–H and O–H groups in total. The van der Waals surface area contributed by atoms with Gasteiger partial charge in [-0.05, 0) is 38.8 Å². The van der Waals surface area contributed by atoms with Gasteiger partial charge in [-0.2, -0.15) is 0 Å². The van der Waals surface area contributed by atoms with E-state index in [0.29, 0.717) is 12.0 Å². The van der Waals surface area contributed by atoms with Crippen LogP contribution in [0.3, 0.4) is 0 Å². The number of unbranched alkanes of at least 4 members (excludes halogenated alkanes) is 1. The van der Waals surface area contributed by atoms with Crippen LogP contribution in [-0.4, -0.2) is 19.1 Å². The van der Waals surface area contributed by atoms with E-state index in [1.807, 2.05) is 0 Å². The summed E-state index contributed by atoms with van der Waals surface area (Å²) in [5.74, 6) is 0.670. The minimum absolute atomic E-state index is 0.654. The average molecular weight is 200 g/mol. The van der Waals surface area contributed by atoms with Gasteiger partial charge < -0.3 is 11.1 Å². The SMILES string of the molecule is CCCCC(C)NCC(CN)CCC. The molecule has 2 atom stereocenters. The Morgan fingerprint density at radius 2 is 1.86 bits per heavy atom. The van der Waals surface area contributed by atoms with Gasteiger partial charge >= 0.3 is 0 Å². The van der Waals surface area contributed by atoms with E-state index in [9.17, 15) is 0 Å². The molecule has 0 aromatic carbocycles. The van der Waals surface area contributed by atoms with Crippen LogP contribution in [0.1, 0.15) is 52.9 Å². The molecule has 0 bridgehead atoms. The van der Waals surface area contributed by atoms with Crippen LogP contribution in [0.5, 0.6) is 0 Å². The first kappa shape index (κ1) is 13.9. The molecular formula is C12H28N2. The third-order valence-electron chi connectivity index (χ3n) is 2.78. The zero-order valence-electron chi connectivity index (χ0n) is 10.2. The van der Waals surface area contributed by atoms with Crippen molar-refractivity contribution in [2.75, 3.05) is 13.1 Å². The number of nitrogens with two attached hydrogens (primary N) is 1. The van der Waals surface area contributed by atoms with Gasteiger partial charge in [0.1, 0.15) is 0 Å². The van der Waals surface area contributed by atoms with Crippen LogP contribution in [0.15, 0.2) is 0 Å². The maximum absolute atomic E-state index is 5.71. The van der Waals surface area contributed by atoms with Crippen molar-refractivity contribution < 1.29 is 0 Å². The Morgan fingerprint density at radius 1 is 1.14 bits per heavy atom. The molecule has 0 radical (unpaired) electrons. The third-order valence-corrected chi connectivity index (χ3v) is 2.78. The Balaban J connectivity index is 3.46. The molecule has 0 spiro atoms. The summed E-state index contributed by atoms with van der Waals surface area (Å²) in [6, 6.07) is 0.654. The lowest BCUT2D eigenvalue weighted by Gasteiger charge is -2.18. The highest BCUT2D eigenvalue weighted by atomic mass is 14.9. The Morgan fingerprint density at radius 3 is 2.36 bits per heavy atom. The second-order valence-corrected chi connectivity index (χ2v) is 4.34. The first-order valence-electron chi connectivity index (χ1n) is 6.18. The monoisotopic (exact) mass is 200 g/mol. The molecule has 0 heterocycles. The first-order chi connectivity index (χ1) is 6.74. The number of nitrogens with one attached hydrogen (secondary N) is 1. The Bertz CT molecular complexity index is 115. The predicted octanol–water partition coefficient (Wildman–Crippen LogP) is 2.53. The van der Waals surface area contributed by atoms with E-state index in [4.69, 9.17) is 5.73 Å². The first-order valence-corrected chi connectivity index (χ1v) is 6.18. The Kier molecular flexibility index (Phi) is 9.42. The summed E-state index contributed by atoms with van der Waals surface area (Å²) in [4.78, 5) is 0. The molecule has 0 aliphatic rings. The molecular weight excluding hydrogens is 172 g/mol. The van der Waals surface area contributed by atoms with Crippen molar-refractivity contribution >= 4 is 0 Å². The minimum atomic E-state index is 0.654. The maximum atomic E-state index is 5.71. The normalized spacial score (nSPS) is 15.4. The highest BCUT2D eigenvalue weighted by Gasteiger charge is 2.07. The van der Waals surface area contributed by atoms with E-state index < -0.39 is 0 Å². The smallest absolute Gasteiger partial charge is 0.00388 e. The van der Waals surface area contributed by atoms with E-state index in [0.717, 1.165) is 13.1 Å². The molecule has 14 heavy (non-hydrogen) atoms. The quantitative estimate of drug-likeness (QED) is 0.600. The van der Waals surface area contributed by atoms with E-state index in [2.05, 4.69) is 26.1 Å². The van der Waals surface area contributed by atoms with Gasteiger partial charge in [0.15, 0.2) is 0 Å². The van der Waals surface area contributed by atoms with E-state index in [1.165, 1.54) is 32.1 Å². The standard InChI is InChI=1S/C12H28N2/c1-4-6-8-11(3)14-10-12(9-13)7-5-2/h11-12,14H,4-10,13H2,1-3H3. The second-order valence-electron chi connectivity index (χ2n) is 4.34. The van der Waals surface area contributed by atoms with Gasteiger partial charge in [-0.3, -0.25) is 0 Å². The van der Waals surface area contributed by atoms with Crippen LogP contribution < -0.4 is 11.1 Å². The molecule has 0 aromatic heterocycles. The van der Waals surface area contributed by atoms with E-state index in [-0.39, 0.29) is 0 Å². The van der Waals surface area contributed by atoms with Crippen molar-refractivity contribution in [1.82, 2.24) is 5.32 Å². The summed E-state index contributed by atoms with van der Waals surface area (Å²) in [5, 5.41) is 3.57. The Labute approximate surface area is 89.6 Å². The van der Waals surface area contributed by atoms with Crippen molar-refractivity contribution in [2.45, 2.75) is 58.9 Å². The molecule has 2 unspecified atom stereocenters. The highest BCUT2D eigenvalue weighted by Crippen LogP contribution is 2.05. The summed E-state index contributed by atoms with van der Waals surface area (Å²) in [6.07, 6.45) is 6.41. The van der Waals surface area contributed by atoms with Crippen molar-refractivity contribution in [2.24, 2.45) is 11.7 Å². The molecule has 0 saturated carbocycles. The van der Waals surface area contributed by atoms with Gasteiger partial charge in [-0.25, -0.2) is 0 Å². The van der Waals surface area contributed by atoms with Gasteiger partial charge in [-0.1, -0.05) is 33.1 Å². The number of hydrogen-bond donors (Lipinski definition) is 2. The lowest BCUT2D eigenvalue weighted by Crippen LogP contribution is -2.34. The fourth-order valence-electron chi connectivity index (χ4n) is 1.69. The minimum Gasteiger partial charge on any atom is -0.330 e. The fourth-order valence-corrected chi connectivity index (χ4v) is 1.69. The number of hydrogen-bond acceptors (Lipinski definition) is 2. The molecule has 0 fully saturated rings. The fraction of sp³-hybridized carbons (Fsp3) is 1.00. The van der Waals surface area contributed by atoms with Crippen molar-refractivity contribution in [3.8, 4) is 0 Å². The molecule has 0 rings (SSSR count). The predicted molar refractivity (Wildman–Crippen MR) is 64.4 cm³/mol. The van der Waals surface area contributed by atoms with Crippen molar-refractivity contribution in [1.29, 1.82) is 0 Å². The lowest BCUT2D eigenvalue weighted by molar-refractivity contribution is 0.404. The average Bonchev–Trinajstić information content (AvgIpc) is 2.21. The van der Waals surface area contributed by atoms with Crippen molar-refractivity contribution in [3.05, 3.63) is 0 Å². The van der Waals surface area contributed by atoms with Crippen LogP contribution in [0.4, 0.5) is 0 Å². The zero-order valence-corrected chi connectivity index (χ0v) is 10.2. The van der Waals surface area contributed by atoms with Crippen LogP contribution in [0.2, 0.25) is 0 Å². The summed E-state index contributed by atoms with van der Waals surface area (Å²) in [7, 11) is 0. The van der Waals surface area contributed by atoms with Crippen LogP contribution in [0.25, 0.3) is 0 Å². The lowest BCUT2D eigenvalue weighted by atomic mass is 10.0. The molecule has 0 aromatic rings. The molecule has 2 nitrogen and oxygen atoms in total. The second kappa shape index (κ2) is 9.47. The largest absolute Gasteiger partial charge is 0.330 e. The Hall–Kier alpha value is -0.0800. The third kappa shape index (κ3) is 7.34. The molecule has 2 heteroatoms. The maximum Gasteiger partial charge on any atom is 0.00388 e. The molecule has 0 amide bonds.